The van der Waals surface area contributed by atoms with E-state index in [1.54, 1.807) is 7.11 Å². The lowest BCUT2D eigenvalue weighted by molar-refractivity contribution is 0.180. The number of para-hydroxylation sites is 1. The third kappa shape index (κ3) is 2.79. The highest BCUT2D eigenvalue weighted by Gasteiger charge is 2.28. The van der Waals surface area contributed by atoms with E-state index in [0.717, 1.165) is 31.9 Å². The summed E-state index contributed by atoms with van der Waals surface area (Å²) in [6.45, 7) is 2.72. The van der Waals surface area contributed by atoms with Crippen molar-refractivity contribution >= 4 is 0 Å². The summed E-state index contributed by atoms with van der Waals surface area (Å²) in [5, 5.41) is 3.28. The highest BCUT2D eigenvalue weighted by Crippen LogP contribution is 2.35. The number of likely N-dealkylation sites (N-methyl/N-ethyl adjacent to an activating group) is 1. The Hall–Kier alpha value is -1.06. The van der Waals surface area contributed by atoms with E-state index in [1.807, 2.05) is 19.2 Å². The van der Waals surface area contributed by atoms with Crippen molar-refractivity contribution in [1.29, 1.82) is 0 Å². The van der Waals surface area contributed by atoms with Gasteiger partial charge < -0.3 is 14.8 Å². The minimum Gasteiger partial charge on any atom is -0.496 e. The van der Waals surface area contributed by atoms with Gasteiger partial charge in [0.15, 0.2) is 0 Å². The molecule has 0 radical (unpaired) electrons. The first-order valence-electron chi connectivity index (χ1n) is 6.22. The monoisotopic (exact) mass is 235 g/mol. The zero-order chi connectivity index (χ0) is 12.1. The molecule has 1 N–H and O–H groups in total. The SMILES string of the molecule is CNCC(c1ccccc1OC)C1CCOC1. The molecule has 2 atom stereocenters. The van der Waals surface area contributed by atoms with E-state index in [1.165, 1.54) is 5.56 Å². The minimum atomic E-state index is 0.471. The second kappa shape index (κ2) is 6.03. The number of ether oxygens (including phenoxy) is 2. The summed E-state index contributed by atoms with van der Waals surface area (Å²) in [6, 6.07) is 8.30. The Labute approximate surface area is 103 Å². The number of nitrogens with one attached hydrogen (secondary N) is 1. The lowest BCUT2D eigenvalue weighted by Gasteiger charge is -2.24. The highest BCUT2D eigenvalue weighted by molar-refractivity contribution is 5.37. The summed E-state index contributed by atoms with van der Waals surface area (Å²) in [7, 11) is 3.73. The van der Waals surface area contributed by atoms with E-state index in [0.29, 0.717) is 11.8 Å². The maximum absolute atomic E-state index is 5.51. The molecule has 1 fully saturated rings. The normalized spacial score (nSPS) is 21.4. The second-order valence-electron chi connectivity index (χ2n) is 4.53. The minimum absolute atomic E-state index is 0.471. The smallest absolute Gasteiger partial charge is 0.122 e. The Morgan fingerprint density at radius 3 is 2.94 bits per heavy atom. The Balaban J connectivity index is 2.24. The maximum Gasteiger partial charge on any atom is 0.122 e. The first kappa shape index (κ1) is 12.4. The average molecular weight is 235 g/mol. The van der Waals surface area contributed by atoms with E-state index in [2.05, 4.69) is 17.4 Å². The summed E-state index contributed by atoms with van der Waals surface area (Å²) in [6.07, 6.45) is 1.14. The predicted octanol–water partition coefficient (Wildman–Crippen LogP) is 2.03. The number of benzene rings is 1. The van der Waals surface area contributed by atoms with Crippen molar-refractivity contribution in [2.24, 2.45) is 5.92 Å². The van der Waals surface area contributed by atoms with Crippen molar-refractivity contribution in [1.82, 2.24) is 5.32 Å². The van der Waals surface area contributed by atoms with Crippen LogP contribution >= 0.6 is 0 Å². The standard InChI is InChI=1S/C14H21NO2/c1-15-9-13(11-7-8-17-10-11)12-5-3-4-6-14(12)16-2/h3-6,11,13,15H,7-10H2,1-2H3. The largest absolute Gasteiger partial charge is 0.496 e. The van der Waals surface area contributed by atoms with Gasteiger partial charge in [-0.1, -0.05) is 18.2 Å². The zero-order valence-electron chi connectivity index (χ0n) is 10.6. The van der Waals surface area contributed by atoms with Crippen molar-refractivity contribution in [2.45, 2.75) is 12.3 Å². The number of methoxy groups -OCH3 is 1. The Morgan fingerprint density at radius 1 is 1.47 bits per heavy atom. The first-order chi connectivity index (χ1) is 8.36. The van der Waals surface area contributed by atoms with Crippen molar-refractivity contribution in [3.8, 4) is 5.75 Å². The van der Waals surface area contributed by atoms with Gasteiger partial charge >= 0.3 is 0 Å². The molecule has 0 spiro atoms. The summed E-state index contributed by atoms with van der Waals surface area (Å²) < 4.78 is 11.0. The predicted molar refractivity (Wildman–Crippen MR) is 68.6 cm³/mol. The molecule has 1 aromatic carbocycles. The molecule has 3 nitrogen and oxygen atoms in total. The van der Waals surface area contributed by atoms with Crippen molar-refractivity contribution < 1.29 is 9.47 Å². The molecule has 0 aliphatic carbocycles. The number of hydrogen-bond donors (Lipinski definition) is 1. The van der Waals surface area contributed by atoms with Crippen LogP contribution < -0.4 is 10.1 Å². The summed E-state index contributed by atoms with van der Waals surface area (Å²) >= 11 is 0. The van der Waals surface area contributed by atoms with Crippen LogP contribution in [0.25, 0.3) is 0 Å². The first-order valence-corrected chi connectivity index (χ1v) is 6.22. The fourth-order valence-corrected chi connectivity index (χ4v) is 2.59. The second-order valence-corrected chi connectivity index (χ2v) is 4.53. The van der Waals surface area contributed by atoms with Crippen LogP contribution in [0.3, 0.4) is 0 Å². The number of hydrogen-bond acceptors (Lipinski definition) is 3. The fourth-order valence-electron chi connectivity index (χ4n) is 2.59. The van der Waals surface area contributed by atoms with E-state index in [9.17, 15) is 0 Å². The molecule has 2 rings (SSSR count). The van der Waals surface area contributed by atoms with Crippen LogP contribution in [0.5, 0.6) is 5.75 Å². The van der Waals surface area contributed by atoms with E-state index in [4.69, 9.17) is 9.47 Å². The van der Waals surface area contributed by atoms with Crippen LogP contribution in [0.1, 0.15) is 17.9 Å². The van der Waals surface area contributed by atoms with Gasteiger partial charge in [-0.15, -0.1) is 0 Å². The molecule has 17 heavy (non-hydrogen) atoms. The van der Waals surface area contributed by atoms with Crippen molar-refractivity contribution in [3.63, 3.8) is 0 Å². The lowest BCUT2D eigenvalue weighted by atomic mass is 9.85. The molecule has 1 aliphatic heterocycles. The van der Waals surface area contributed by atoms with Crippen LogP contribution in [0.4, 0.5) is 0 Å². The van der Waals surface area contributed by atoms with E-state index in [-0.39, 0.29) is 0 Å². The van der Waals surface area contributed by atoms with Crippen LogP contribution in [-0.4, -0.2) is 33.9 Å². The van der Waals surface area contributed by atoms with Crippen LogP contribution in [0, 0.1) is 5.92 Å². The van der Waals surface area contributed by atoms with Gasteiger partial charge in [0.05, 0.1) is 13.7 Å². The highest BCUT2D eigenvalue weighted by atomic mass is 16.5. The lowest BCUT2D eigenvalue weighted by Crippen LogP contribution is -2.25. The fraction of sp³-hybridized carbons (Fsp3) is 0.571. The molecular formula is C14H21NO2. The molecule has 1 heterocycles. The van der Waals surface area contributed by atoms with Gasteiger partial charge in [0.1, 0.15) is 5.75 Å². The van der Waals surface area contributed by atoms with Crippen LogP contribution in [-0.2, 0) is 4.74 Å². The van der Waals surface area contributed by atoms with Crippen molar-refractivity contribution in [3.05, 3.63) is 29.8 Å². The number of rotatable bonds is 5. The quantitative estimate of drug-likeness (QED) is 0.847. The summed E-state index contributed by atoms with van der Waals surface area (Å²) in [4.78, 5) is 0. The molecule has 0 aromatic heterocycles. The Morgan fingerprint density at radius 2 is 2.29 bits per heavy atom. The van der Waals surface area contributed by atoms with E-state index >= 15 is 0 Å². The molecule has 1 saturated heterocycles. The van der Waals surface area contributed by atoms with Gasteiger partial charge in [-0.25, -0.2) is 0 Å². The molecule has 0 saturated carbocycles. The van der Waals surface area contributed by atoms with Gasteiger partial charge in [-0.2, -0.15) is 0 Å². The van der Waals surface area contributed by atoms with Crippen LogP contribution in [0.15, 0.2) is 24.3 Å². The van der Waals surface area contributed by atoms with Gasteiger partial charge in [-0.3, -0.25) is 0 Å². The van der Waals surface area contributed by atoms with E-state index < -0.39 is 0 Å². The van der Waals surface area contributed by atoms with Crippen LogP contribution in [0.2, 0.25) is 0 Å². The van der Waals surface area contributed by atoms with Gasteiger partial charge in [0, 0.05) is 19.1 Å². The topological polar surface area (TPSA) is 30.5 Å². The zero-order valence-corrected chi connectivity index (χ0v) is 10.6. The van der Waals surface area contributed by atoms with Gasteiger partial charge in [0.2, 0.25) is 0 Å². The Kier molecular flexibility index (Phi) is 4.40. The maximum atomic E-state index is 5.51. The molecule has 94 valence electrons. The molecule has 1 aliphatic rings. The van der Waals surface area contributed by atoms with Gasteiger partial charge in [0.25, 0.3) is 0 Å². The molecule has 0 amide bonds. The average Bonchev–Trinajstić information content (AvgIpc) is 2.89. The molecule has 0 bridgehead atoms. The third-order valence-electron chi connectivity index (χ3n) is 3.50. The van der Waals surface area contributed by atoms with Crippen molar-refractivity contribution in [2.75, 3.05) is 33.9 Å². The Bertz CT molecular complexity index is 348. The molecule has 3 heteroatoms. The summed E-state index contributed by atoms with van der Waals surface area (Å²) in [5.74, 6) is 2.05. The third-order valence-corrected chi connectivity index (χ3v) is 3.50. The van der Waals surface area contributed by atoms with Gasteiger partial charge in [-0.05, 0) is 31.0 Å². The molecule has 2 unspecified atom stereocenters. The molecule has 1 aromatic rings. The summed E-state index contributed by atoms with van der Waals surface area (Å²) in [5.41, 5.74) is 1.29. The molecular weight excluding hydrogens is 214 g/mol.